The van der Waals surface area contributed by atoms with Gasteiger partial charge in [-0.2, -0.15) is 0 Å². The summed E-state index contributed by atoms with van der Waals surface area (Å²) in [6.45, 7) is 24.9. The van der Waals surface area contributed by atoms with Crippen LogP contribution in [0.3, 0.4) is 0 Å². The van der Waals surface area contributed by atoms with Crippen LogP contribution >= 0.6 is 0 Å². The molecule has 0 aliphatic heterocycles. The van der Waals surface area contributed by atoms with Gasteiger partial charge in [0.25, 0.3) is 0 Å². The van der Waals surface area contributed by atoms with E-state index in [2.05, 4.69) is 88.5 Å². The van der Waals surface area contributed by atoms with Crippen LogP contribution in [0.1, 0.15) is 147 Å². The van der Waals surface area contributed by atoms with Crippen molar-refractivity contribution in [2.45, 2.75) is 119 Å². The Bertz CT molecular complexity index is 2950. The van der Waals surface area contributed by atoms with Crippen LogP contribution in [0.25, 0.3) is 12.2 Å². The van der Waals surface area contributed by atoms with E-state index in [0.29, 0.717) is 18.8 Å². The minimum Gasteiger partial charge on any atom is -0.303 e. The van der Waals surface area contributed by atoms with Crippen molar-refractivity contribution < 1.29 is 41.2 Å². The minimum atomic E-state index is 0. The van der Waals surface area contributed by atoms with E-state index in [4.69, 9.17) is 19.2 Å². The van der Waals surface area contributed by atoms with Crippen molar-refractivity contribution in [1.29, 1.82) is 0 Å². The van der Waals surface area contributed by atoms with Crippen LogP contribution < -0.4 is 0 Å². The average Bonchev–Trinajstić information content (AvgIpc) is 3.69. The Labute approximate surface area is 517 Å². The molecule has 86 heavy (non-hydrogen) atoms. The minimum absolute atomic E-state index is 0. The predicted octanol–water partition coefficient (Wildman–Crippen LogP) is 18.4. The molecule has 8 rings (SSSR count). The van der Waals surface area contributed by atoms with Crippen LogP contribution in [0, 0.1) is 0 Å². The Kier molecular flexibility index (Phi) is 56.0. The molecule has 454 valence electrons. The first-order chi connectivity index (χ1) is 41.7. The van der Waals surface area contributed by atoms with Gasteiger partial charge in [0.15, 0.2) is 0 Å². The number of benzene rings is 8. The van der Waals surface area contributed by atoms with Gasteiger partial charge in [0.05, 0.1) is 0 Å². The van der Waals surface area contributed by atoms with Gasteiger partial charge in [-0.3, -0.25) is 4.79 Å². The van der Waals surface area contributed by atoms with Crippen LogP contribution in [-0.2, 0) is 57.6 Å². The van der Waals surface area contributed by atoms with E-state index in [1.807, 2.05) is 228 Å². The van der Waals surface area contributed by atoms with E-state index in [9.17, 15) is 19.2 Å². The second-order valence-electron chi connectivity index (χ2n) is 18.4. The molecule has 0 aromatic heterocycles. The first-order valence-electron chi connectivity index (χ1n) is 28.7. The summed E-state index contributed by atoms with van der Waals surface area (Å²) in [5, 5.41) is 0. The van der Waals surface area contributed by atoms with Crippen molar-refractivity contribution in [2.75, 3.05) is 0 Å². The van der Waals surface area contributed by atoms with Crippen molar-refractivity contribution in [3.63, 3.8) is 0 Å². The van der Waals surface area contributed by atoms with Crippen molar-refractivity contribution in [3.8, 4) is 0 Å². The highest BCUT2D eigenvalue weighted by atomic mass is 16.2. The smallest absolute Gasteiger partial charge is 0.221 e. The summed E-state index contributed by atoms with van der Waals surface area (Å²) in [5.41, 5.74) is 9.85. The third-order valence-corrected chi connectivity index (χ3v) is 11.4. The summed E-state index contributed by atoms with van der Waals surface area (Å²) < 4.78 is 0. The molecule has 0 saturated heterocycles. The number of ketones is 2. The number of Topliss-reactive ketones (excluding diaryl/α,β-unsaturated/α-hetero) is 2. The molecule has 2 atom stereocenters. The average molecular weight is 1160 g/mol. The quantitative estimate of drug-likeness (QED) is 0.0731. The highest BCUT2D eigenvalue weighted by Crippen LogP contribution is 2.15. The first kappa shape index (κ1) is 80.5. The number of hydrogen-bond donors (Lipinski definition) is 0. The van der Waals surface area contributed by atoms with Gasteiger partial charge in [0.1, 0.15) is 24.1 Å². The molecule has 0 saturated carbocycles. The molecule has 8 nitrogen and oxygen atoms in total. The molecule has 0 fully saturated rings. The van der Waals surface area contributed by atoms with E-state index in [0.717, 1.165) is 60.3 Å². The van der Waals surface area contributed by atoms with Crippen LogP contribution in [0.2, 0.25) is 0 Å². The summed E-state index contributed by atoms with van der Waals surface area (Å²) in [5.74, 6) is 4.70. The number of hydrogen-bond acceptors (Lipinski definition) is 8. The lowest BCUT2D eigenvalue weighted by Crippen LogP contribution is -2.03. The van der Waals surface area contributed by atoms with Gasteiger partial charge in [-0.1, -0.05) is 323 Å². The number of aldehydes is 2. The maximum absolute atomic E-state index is 10.9. The van der Waals surface area contributed by atoms with E-state index < -0.39 is 0 Å². The molecule has 8 aromatic carbocycles. The Morgan fingerprint density at radius 3 is 0.965 bits per heavy atom. The number of aryl methyl sites for hydroxylation is 3. The van der Waals surface area contributed by atoms with Crippen LogP contribution in [0.15, 0.2) is 256 Å². The summed E-state index contributed by atoms with van der Waals surface area (Å²) in [4.78, 5) is 76.3. The molecule has 2 unspecified atom stereocenters. The topological polar surface area (TPSA) is 137 Å². The third-order valence-electron chi connectivity index (χ3n) is 11.4. The van der Waals surface area contributed by atoms with E-state index in [-0.39, 0.29) is 26.3 Å². The predicted molar refractivity (Wildman–Crippen MR) is 365 cm³/mol. The van der Waals surface area contributed by atoms with Crippen molar-refractivity contribution in [3.05, 3.63) is 300 Å². The summed E-state index contributed by atoms with van der Waals surface area (Å²) in [6, 6.07) is 80.8. The normalized spacial score (nSPS) is 9.33. The highest BCUT2D eigenvalue weighted by molar-refractivity contribution is 5.83. The Hall–Kier alpha value is -9.76. The van der Waals surface area contributed by atoms with Gasteiger partial charge in [-0.15, -0.1) is 0 Å². The van der Waals surface area contributed by atoms with E-state index >= 15 is 0 Å². The fourth-order valence-corrected chi connectivity index (χ4v) is 6.60. The summed E-state index contributed by atoms with van der Waals surface area (Å²) in [7, 11) is 0. The molecule has 0 bridgehead atoms. The molecule has 8 aromatic rings. The maximum atomic E-state index is 10.9. The number of carbonyl (C=O) groups excluding carboxylic acids is 8. The molecule has 0 aliphatic rings. The Balaban J connectivity index is -0.000000291. The lowest BCUT2D eigenvalue weighted by atomic mass is 9.98. The van der Waals surface area contributed by atoms with Crippen molar-refractivity contribution >= 4 is 60.1 Å². The van der Waals surface area contributed by atoms with Crippen LogP contribution in [0.5, 0.6) is 0 Å². The van der Waals surface area contributed by atoms with Crippen molar-refractivity contribution in [1.82, 2.24) is 0 Å². The van der Waals surface area contributed by atoms with E-state index in [1.54, 1.807) is 13.8 Å². The van der Waals surface area contributed by atoms with Crippen LogP contribution in [0.4, 0.5) is 0 Å². The number of rotatable bonds is 15. The maximum Gasteiger partial charge on any atom is 0.221 e. The fraction of sp³-hybridized carbons (Fsp3) is 0.231. The highest BCUT2D eigenvalue weighted by Gasteiger charge is 2.08. The summed E-state index contributed by atoms with van der Waals surface area (Å²) >= 11 is 0. The van der Waals surface area contributed by atoms with Gasteiger partial charge in [0, 0.05) is 27.5 Å². The number of carbonyl (C=O) groups is 4. The third kappa shape index (κ3) is 48.9. The lowest BCUT2D eigenvalue weighted by molar-refractivity contribution is -0.118. The molecule has 0 spiro atoms. The van der Waals surface area contributed by atoms with Crippen LogP contribution in [-0.4, -0.2) is 47.9 Å². The zero-order valence-corrected chi connectivity index (χ0v) is 52.1. The Morgan fingerprint density at radius 1 is 0.430 bits per heavy atom. The SMILES string of the molecule is C=Cc1ccccc1.C=Cc1ccccc1.CC.CC(=O)C(C)c1ccccc1.CC(=O)CCc1ccccc1.CC(C)c1ccccc1.CC(C=O)c1ccccc1.CCCc1ccccc1.O=C=C=O.O=C=C=O.O=CCCc1ccccc1.[HH].[HH]. The molecule has 0 heterocycles. The fourth-order valence-electron chi connectivity index (χ4n) is 6.60. The van der Waals surface area contributed by atoms with Gasteiger partial charge in [0.2, 0.25) is 23.8 Å². The lowest BCUT2D eigenvalue weighted by Gasteiger charge is -2.05. The molecule has 0 aliphatic carbocycles. The zero-order valence-electron chi connectivity index (χ0n) is 52.1. The van der Waals surface area contributed by atoms with Gasteiger partial charge in [-0.05, 0) is 83.5 Å². The molecule has 0 radical (unpaired) electrons. The monoisotopic (exact) mass is 1160 g/mol. The second kappa shape index (κ2) is 59.8. The molecular weight excluding hydrogens is 1060 g/mol. The summed E-state index contributed by atoms with van der Waals surface area (Å²) in [6.07, 6.45) is 11.0. The molecule has 0 N–H and O–H groups in total. The second-order valence-corrected chi connectivity index (χ2v) is 18.4. The molecule has 0 amide bonds. The van der Waals surface area contributed by atoms with Gasteiger partial charge in [-0.25, -0.2) is 19.2 Å². The largest absolute Gasteiger partial charge is 0.303 e. The van der Waals surface area contributed by atoms with E-state index in [1.165, 1.54) is 46.2 Å². The zero-order chi connectivity index (χ0) is 64.7. The van der Waals surface area contributed by atoms with Crippen molar-refractivity contribution in [2.24, 2.45) is 0 Å². The molecule has 8 heteroatoms. The van der Waals surface area contributed by atoms with Gasteiger partial charge < -0.3 is 14.4 Å². The Morgan fingerprint density at radius 2 is 0.721 bits per heavy atom. The standard InChI is InChI=1S/2C10H12O.2C9H10O.2C9H12.2C8H8.2C2O2.C2H6.2H2/c1-8(9(2)11)10-6-4-3-5-7-10;1-9(11)7-8-10-5-3-2-4-6-10;1-8(7-10)9-5-3-2-4-6-9;10-8-4-7-9-5-2-1-3-6-9;1-8(2)9-6-4-3-5-7-9;1-2-6-9-7-4-3-5-8-9;2*1-2-8-6-4-3-5-7-8;2*3-1-2-4;1-2;;/h3-8H,1-2H3;2-6H,7-8H2,1H3;2-8H,1H3;1-3,5-6,8H,4,7H2;3-8H,1-2H3;3-5,7-8H,2,6H2,1H3;2*2-7H,1H2;;;1-2H3;2*1H. The molecular formula is C78H94O8. The van der Waals surface area contributed by atoms with Gasteiger partial charge >= 0.3 is 0 Å². The first-order valence-corrected chi connectivity index (χ1v) is 28.7.